The van der Waals surface area contributed by atoms with E-state index in [1.165, 1.54) is 17.3 Å². The number of benzene rings is 1. The molecule has 2 aromatic rings. The Labute approximate surface area is 169 Å². The third-order valence-corrected chi connectivity index (χ3v) is 5.68. The van der Waals surface area contributed by atoms with Crippen LogP contribution in [0.3, 0.4) is 0 Å². The smallest absolute Gasteiger partial charge is 0.277 e. The number of carbonyl (C=O) groups is 2. The highest BCUT2D eigenvalue weighted by Gasteiger charge is 2.30. The number of hydrogen-bond acceptors (Lipinski definition) is 6. The van der Waals surface area contributed by atoms with Crippen molar-refractivity contribution in [3.63, 3.8) is 0 Å². The summed E-state index contributed by atoms with van der Waals surface area (Å²) in [5.41, 5.74) is 7.56. The van der Waals surface area contributed by atoms with E-state index in [9.17, 15) is 9.59 Å². The highest BCUT2D eigenvalue weighted by molar-refractivity contribution is 7.99. The van der Waals surface area contributed by atoms with Crippen LogP contribution in [0.25, 0.3) is 11.5 Å². The van der Waals surface area contributed by atoms with Gasteiger partial charge in [0.2, 0.25) is 17.7 Å². The van der Waals surface area contributed by atoms with Crippen molar-refractivity contribution in [3.05, 3.63) is 29.8 Å². The first kappa shape index (κ1) is 20.4. The van der Waals surface area contributed by atoms with E-state index in [4.69, 9.17) is 10.2 Å². The van der Waals surface area contributed by atoms with Gasteiger partial charge in [0, 0.05) is 12.1 Å². The largest absolute Gasteiger partial charge is 0.411 e. The summed E-state index contributed by atoms with van der Waals surface area (Å²) in [6.45, 7) is 7.03. The van der Waals surface area contributed by atoms with Crippen molar-refractivity contribution in [2.45, 2.75) is 56.7 Å². The van der Waals surface area contributed by atoms with Crippen molar-refractivity contribution in [2.24, 2.45) is 5.73 Å². The van der Waals surface area contributed by atoms with Crippen LogP contribution >= 0.6 is 11.8 Å². The number of amides is 2. The van der Waals surface area contributed by atoms with E-state index in [-0.39, 0.29) is 17.1 Å². The number of carbonyl (C=O) groups excluding carboxylic acids is 2. The summed E-state index contributed by atoms with van der Waals surface area (Å²) in [5, 5.41) is 8.42. The fraction of sp³-hybridized carbons (Fsp3) is 0.500. The normalized spacial score (nSPS) is 17.5. The summed E-state index contributed by atoms with van der Waals surface area (Å²) < 4.78 is 5.69. The number of nitrogens with zero attached hydrogens (tertiary/aromatic N) is 3. The van der Waals surface area contributed by atoms with Crippen molar-refractivity contribution >= 4 is 23.6 Å². The Morgan fingerprint density at radius 2 is 1.93 bits per heavy atom. The van der Waals surface area contributed by atoms with Crippen LogP contribution in [0.5, 0.6) is 0 Å². The Bertz CT molecular complexity index is 842. The molecule has 3 rings (SSSR count). The molecule has 2 amide bonds. The van der Waals surface area contributed by atoms with Gasteiger partial charge in [-0.1, -0.05) is 44.7 Å². The van der Waals surface area contributed by atoms with Crippen LogP contribution in [-0.2, 0) is 15.0 Å². The average Bonchev–Trinajstić information content (AvgIpc) is 3.14. The van der Waals surface area contributed by atoms with Crippen LogP contribution in [0.4, 0.5) is 0 Å². The summed E-state index contributed by atoms with van der Waals surface area (Å²) in [7, 11) is 0. The molecule has 0 bridgehead atoms. The minimum absolute atomic E-state index is 0.0754. The van der Waals surface area contributed by atoms with Crippen molar-refractivity contribution in [1.82, 2.24) is 15.1 Å². The Morgan fingerprint density at radius 1 is 1.21 bits per heavy atom. The van der Waals surface area contributed by atoms with Gasteiger partial charge >= 0.3 is 0 Å². The summed E-state index contributed by atoms with van der Waals surface area (Å²) >= 11 is 1.18. The summed E-state index contributed by atoms with van der Waals surface area (Å²) in [4.78, 5) is 25.6. The summed E-state index contributed by atoms with van der Waals surface area (Å²) in [6, 6.07) is 7.51. The lowest BCUT2D eigenvalue weighted by atomic mass is 9.87. The van der Waals surface area contributed by atoms with Crippen molar-refractivity contribution in [3.8, 4) is 11.5 Å². The number of piperidine rings is 1. The van der Waals surface area contributed by atoms with Gasteiger partial charge in [-0.2, -0.15) is 0 Å². The van der Waals surface area contributed by atoms with E-state index < -0.39 is 11.9 Å². The molecule has 1 aliphatic heterocycles. The van der Waals surface area contributed by atoms with Gasteiger partial charge in [-0.15, -0.1) is 10.2 Å². The fourth-order valence-corrected chi connectivity index (χ4v) is 3.88. The third kappa shape index (κ3) is 4.73. The van der Waals surface area contributed by atoms with E-state index in [1.54, 1.807) is 4.90 Å². The minimum atomic E-state index is -0.513. The maximum absolute atomic E-state index is 12.5. The van der Waals surface area contributed by atoms with Crippen LogP contribution in [0, 0.1) is 0 Å². The van der Waals surface area contributed by atoms with Gasteiger partial charge in [0.1, 0.15) is 6.04 Å². The fourth-order valence-electron chi connectivity index (χ4n) is 3.23. The van der Waals surface area contributed by atoms with Gasteiger partial charge in [0.15, 0.2) is 0 Å². The molecule has 0 saturated carbocycles. The summed E-state index contributed by atoms with van der Waals surface area (Å²) in [6.07, 6.45) is 2.42. The molecule has 1 aromatic heterocycles. The second-order valence-electron chi connectivity index (χ2n) is 7.99. The van der Waals surface area contributed by atoms with Crippen LogP contribution < -0.4 is 5.73 Å². The third-order valence-electron chi connectivity index (χ3n) is 4.88. The van der Waals surface area contributed by atoms with E-state index in [2.05, 4.69) is 43.1 Å². The zero-order valence-electron chi connectivity index (χ0n) is 16.5. The molecule has 0 aliphatic carbocycles. The molecule has 1 unspecified atom stereocenters. The summed E-state index contributed by atoms with van der Waals surface area (Å²) in [5.74, 6) is -0.0306. The average molecular weight is 403 g/mol. The molecule has 1 saturated heterocycles. The second-order valence-corrected chi connectivity index (χ2v) is 8.92. The van der Waals surface area contributed by atoms with E-state index >= 15 is 0 Å². The van der Waals surface area contributed by atoms with Crippen LogP contribution in [-0.4, -0.2) is 45.3 Å². The van der Waals surface area contributed by atoms with E-state index in [0.29, 0.717) is 24.1 Å². The molecule has 2 heterocycles. The monoisotopic (exact) mass is 402 g/mol. The molecule has 1 aliphatic rings. The quantitative estimate of drug-likeness (QED) is 0.771. The number of primary amides is 1. The van der Waals surface area contributed by atoms with Crippen LogP contribution in [0.2, 0.25) is 0 Å². The number of rotatable bonds is 5. The highest BCUT2D eigenvalue weighted by atomic mass is 32.2. The van der Waals surface area contributed by atoms with Crippen LogP contribution in [0.15, 0.2) is 33.9 Å². The number of hydrogen-bond donors (Lipinski definition) is 1. The SMILES string of the molecule is CC(C)(C)c1ccc(-c2nnc(SCC(=O)N3CCCCC3C(N)=O)o2)cc1. The molecule has 28 heavy (non-hydrogen) atoms. The van der Waals surface area contributed by atoms with Gasteiger partial charge in [-0.25, -0.2) is 0 Å². The Morgan fingerprint density at radius 3 is 2.57 bits per heavy atom. The molecule has 2 N–H and O–H groups in total. The molecular weight excluding hydrogens is 376 g/mol. The predicted octanol–water partition coefficient (Wildman–Crippen LogP) is 2.99. The number of thioether (sulfide) groups is 1. The van der Waals surface area contributed by atoms with E-state index in [1.807, 2.05) is 12.1 Å². The first-order chi connectivity index (χ1) is 13.3. The van der Waals surface area contributed by atoms with Gasteiger partial charge in [-0.05, 0) is 42.4 Å². The Kier molecular flexibility index (Phi) is 6.07. The first-order valence-corrected chi connectivity index (χ1v) is 10.4. The molecule has 1 aromatic carbocycles. The number of aromatic nitrogens is 2. The Balaban J connectivity index is 1.61. The molecule has 0 spiro atoms. The molecular formula is C20H26N4O3S. The molecule has 150 valence electrons. The number of nitrogens with two attached hydrogens (primary N) is 1. The van der Waals surface area contributed by atoms with Gasteiger partial charge in [0.25, 0.3) is 5.22 Å². The second kappa shape index (κ2) is 8.34. The standard InChI is InChI=1S/C20H26N4O3S/c1-20(2,3)14-9-7-13(8-10-14)18-22-23-19(27-18)28-12-16(25)24-11-5-4-6-15(24)17(21)26/h7-10,15H,4-6,11-12H2,1-3H3,(H2,21,26). The number of likely N-dealkylation sites (tertiary alicyclic amines) is 1. The lowest BCUT2D eigenvalue weighted by molar-refractivity contribution is -0.138. The van der Waals surface area contributed by atoms with Crippen molar-refractivity contribution < 1.29 is 14.0 Å². The molecule has 8 heteroatoms. The predicted molar refractivity (Wildman–Crippen MR) is 108 cm³/mol. The van der Waals surface area contributed by atoms with Gasteiger partial charge in [-0.3, -0.25) is 9.59 Å². The Hall–Kier alpha value is -2.35. The zero-order valence-corrected chi connectivity index (χ0v) is 17.3. The highest BCUT2D eigenvalue weighted by Crippen LogP contribution is 2.27. The van der Waals surface area contributed by atoms with Crippen LogP contribution in [0.1, 0.15) is 45.6 Å². The maximum Gasteiger partial charge on any atom is 0.277 e. The lowest BCUT2D eigenvalue weighted by Gasteiger charge is -2.33. The topological polar surface area (TPSA) is 102 Å². The molecule has 1 atom stereocenters. The first-order valence-electron chi connectivity index (χ1n) is 9.42. The van der Waals surface area contributed by atoms with E-state index in [0.717, 1.165) is 18.4 Å². The lowest BCUT2D eigenvalue weighted by Crippen LogP contribution is -2.51. The minimum Gasteiger partial charge on any atom is -0.411 e. The molecule has 0 radical (unpaired) electrons. The zero-order chi connectivity index (χ0) is 20.3. The van der Waals surface area contributed by atoms with Crippen molar-refractivity contribution in [1.29, 1.82) is 0 Å². The van der Waals surface area contributed by atoms with Gasteiger partial charge in [0.05, 0.1) is 5.75 Å². The molecule has 1 fully saturated rings. The molecule has 7 nitrogen and oxygen atoms in total. The van der Waals surface area contributed by atoms with Crippen molar-refractivity contribution in [2.75, 3.05) is 12.3 Å². The van der Waals surface area contributed by atoms with Gasteiger partial charge < -0.3 is 15.1 Å². The maximum atomic E-state index is 12.5.